The number of imidazole rings is 1. The maximum Gasteiger partial charge on any atom is 0.170 e. The van der Waals surface area contributed by atoms with Crippen molar-refractivity contribution >= 4 is 22.0 Å². The van der Waals surface area contributed by atoms with Gasteiger partial charge in [0, 0.05) is 23.9 Å². The molecule has 1 aliphatic heterocycles. The standard InChI is InChI=1S/C23H25FN4O/c24-18-7-8-19-22(15-18)29-26-23(19)17-9-13-27(14-10-17)11-3-4-12-28-16-25-20-5-1-2-6-21(20)28/h1-2,5-8,15-17H,3-4,9-14H2. The Kier molecular flexibility index (Phi) is 5.02. The monoisotopic (exact) mass is 392 g/mol. The Morgan fingerprint density at radius 3 is 2.76 bits per heavy atom. The smallest absolute Gasteiger partial charge is 0.170 e. The van der Waals surface area contributed by atoms with Crippen LogP contribution in [0.3, 0.4) is 0 Å². The van der Waals surface area contributed by atoms with Gasteiger partial charge in [-0.15, -0.1) is 0 Å². The van der Waals surface area contributed by atoms with Crippen molar-refractivity contribution in [3.05, 3.63) is 60.3 Å². The largest absolute Gasteiger partial charge is 0.356 e. The predicted molar refractivity (Wildman–Crippen MR) is 111 cm³/mol. The summed E-state index contributed by atoms with van der Waals surface area (Å²) in [5, 5.41) is 5.20. The lowest BCUT2D eigenvalue weighted by atomic mass is 9.91. The minimum absolute atomic E-state index is 0.279. The lowest BCUT2D eigenvalue weighted by molar-refractivity contribution is 0.205. The Hall–Kier alpha value is -2.73. The highest BCUT2D eigenvalue weighted by atomic mass is 19.1. The summed E-state index contributed by atoms with van der Waals surface area (Å²) >= 11 is 0. The number of aromatic nitrogens is 3. The number of halogens is 1. The average Bonchev–Trinajstić information content (AvgIpc) is 3.35. The van der Waals surface area contributed by atoms with Crippen LogP contribution in [0.2, 0.25) is 0 Å². The third-order valence-corrected chi connectivity index (χ3v) is 6.09. The minimum Gasteiger partial charge on any atom is -0.356 e. The van der Waals surface area contributed by atoms with Gasteiger partial charge in [0.25, 0.3) is 0 Å². The van der Waals surface area contributed by atoms with Gasteiger partial charge in [-0.05, 0) is 69.6 Å². The summed E-state index contributed by atoms with van der Waals surface area (Å²) in [6.07, 6.45) is 6.43. The van der Waals surface area contributed by atoms with Crippen molar-refractivity contribution in [2.75, 3.05) is 19.6 Å². The first-order valence-electron chi connectivity index (χ1n) is 10.4. The molecule has 0 radical (unpaired) electrons. The molecule has 0 spiro atoms. The molecule has 0 aliphatic carbocycles. The molecule has 2 aromatic carbocycles. The molecular formula is C23H25FN4O. The molecule has 1 fully saturated rings. The van der Waals surface area contributed by atoms with Gasteiger partial charge in [0.1, 0.15) is 5.82 Å². The fourth-order valence-corrected chi connectivity index (χ4v) is 4.46. The first-order valence-corrected chi connectivity index (χ1v) is 10.4. The molecule has 0 N–H and O–H groups in total. The van der Waals surface area contributed by atoms with Crippen LogP contribution in [0.25, 0.3) is 22.0 Å². The van der Waals surface area contributed by atoms with Crippen LogP contribution in [-0.4, -0.2) is 39.2 Å². The van der Waals surface area contributed by atoms with Gasteiger partial charge >= 0.3 is 0 Å². The Labute approximate surface area is 169 Å². The van der Waals surface area contributed by atoms with E-state index in [0.717, 1.165) is 62.0 Å². The second kappa shape index (κ2) is 7.95. The van der Waals surface area contributed by atoms with Crippen LogP contribution < -0.4 is 0 Å². The molecule has 0 bridgehead atoms. The Balaban J connectivity index is 1.11. The maximum absolute atomic E-state index is 13.4. The van der Waals surface area contributed by atoms with Crippen LogP contribution in [0.1, 0.15) is 37.3 Å². The Morgan fingerprint density at radius 1 is 1.03 bits per heavy atom. The summed E-state index contributed by atoms with van der Waals surface area (Å²) in [4.78, 5) is 7.01. The van der Waals surface area contributed by atoms with Gasteiger partial charge in [0.15, 0.2) is 5.58 Å². The van der Waals surface area contributed by atoms with Gasteiger partial charge < -0.3 is 14.0 Å². The number of para-hydroxylation sites is 2. The van der Waals surface area contributed by atoms with E-state index in [9.17, 15) is 4.39 Å². The highest BCUT2D eigenvalue weighted by Crippen LogP contribution is 2.32. The molecule has 0 saturated carbocycles. The lowest BCUT2D eigenvalue weighted by Crippen LogP contribution is -2.33. The van der Waals surface area contributed by atoms with Crippen LogP contribution >= 0.6 is 0 Å². The number of likely N-dealkylation sites (tertiary alicyclic amines) is 1. The first kappa shape index (κ1) is 18.3. The molecule has 5 nitrogen and oxygen atoms in total. The van der Waals surface area contributed by atoms with E-state index in [1.54, 1.807) is 6.07 Å². The quantitative estimate of drug-likeness (QED) is 0.434. The summed E-state index contributed by atoms with van der Waals surface area (Å²) in [5.74, 6) is 0.119. The van der Waals surface area contributed by atoms with Gasteiger partial charge in [-0.3, -0.25) is 0 Å². The third kappa shape index (κ3) is 3.77. The number of hydrogen-bond donors (Lipinski definition) is 0. The molecule has 4 aromatic rings. The second-order valence-electron chi connectivity index (χ2n) is 7.96. The molecule has 29 heavy (non-hydrogen) atoms. The van der Waals surface area contributed by atoms with Gasteiger partial charge in [0.05, 0.1) is 23.1 Å². The van der Waals surface area contributed by atoms with E-state index in [-0.39, 0.29) is 5.82 Å². The van der Waals surface area contributed by atoms with Crippen molar-refractivity contribution in [3.63, 3.8) is 0 Å². The van der Waals surface area contributed by atoms with Crippen molar-refractivity contribution in [3.8, 4) is 0 Å². The normalized spacial score (nSPS) is 16.2. The second-order valence-corrected chi connectivity index (χ2v) is 7.96. The predicted octanol–water partition coefficient (Wildman–Crippen LogP) is 4.98. The summed E-state index contributed by atoms with van der Waals surface area (Å²) in [6, 6.07) is 13.0. The van der Waals surface area contributed by atoms with Gasteiger partial charge in [-0.2, -0.15) is 0 Å². The van der Waals surface area contributed by atoms with E-state index < -0.39 is 0 Å². The summed E-state index contributed by atoms with van der Waals surface area (Å²) in [7, 11) is 0. The van der Waals surface area contributed by atoms with Gasteiger partial charge in [-0.25, -0.2) is 9.37 Å². The van der Waals surface area contributed by atoms with E-state index in [1.807, 2.05) is 12.4 Å². The number of nitrogens with zero attached hydrogens (tertiary/aromatic N) is 4. The fourth-order valence-electron chi connectivity index (χ4n) is 4.46. The van der Waals surface area contributed by atoms with Crippen molar-refractivity contribution in [1.29, 1.82) is 0 Å². The Morgan fingerprint density at radius 2 is 1.86 bits per heavy atom. The maximum atomic E-state index is 13.4. The molecule has 1 aliphatic rings. The molecule has 0 atom stereocenters. The Bertz CT molecular complexity index is 1110. The summed E-state index contributed by atoms with van der Waals surface area (Å²) in [5.41, 5.74) is 3.83. The molecule has 3 heterocycles. The number of aryl methyl sites for hydroxylation is 1. The van der Waals surface area contributed by atoms with E-state index in [4.69, 9.17) is 4.52 Å². The molecule has 0 amide bonds. The molecular weight excluding hydrogens is 367 g/mol. The van der Waals surface area contributed by atoms with E-state index in [0.29, 0.717) is 11.5 Å². The summed E-state index contributed by atoms with van der Waals surface area (Å²) < 4.78 is 20.9. The van der Waals surface area contributed by atoms with Crippen LogP contribution in [0, 0.1) is 5.82 Å². The zero-order chi connectivity index (χ0) is 19.6. The number of piperidine rings is 1. The molecule has 5 rings (SSSR count). The van der Waals surface area contributed by atoms with Gasteiger partial charge in [0.2, 0.25) is 0 Å². The first-order chi connectivity index (χ1) is 14.3. The lowest BCUT2D eigenvalue weighted by Gasteiger charge is -2.31. The minimum atomic E-state index is -0.279. The number of unbranched alkanes of at least 4 members (excludes halogenated alkanes) is 1. The SMILES string of the molecule is Fc1ccc2c(C3CCN(CCCCn4cnc5ccccc54)CC3)noc2c1. The molecule has 6 heteroatoms. The van der Waals surface area contributed by atoms with E-state index >= 15 is 0 Å². The molecule has 150 valence electrons. The van der Waals surface area contributed by atoms with Crippen LogP contribution in [0.4, 0.5) is 4.39 Å². The third-order valence-electron chi connectivity index (χ3n) is 6.09. The molecule has 0 unspecified atom stereocenters. The van der Waals surface area contributed by atoms with Crippen molar-refractivity contribution in [1.82, 2.24) is 19.6 Å². The number of rotatable bonds is 6. The number of hydrogen-bond acceptors (Lipinski definition) is 4. The fraction of sp³-hybridized carbons (Fsp3) is 0.391. The molecule has 1 saturated heterocycles. The van der Waals surface area contributed by atoms with Crippen LogP contribution in [-0.2, 0) is 6.54 Å². The van der Waals surface area contributed by atoms with Crippen LogP contribution in [0.15, 0.2) is 53.3 Å². The average molecular weight is 392 g/mol. The highest BCUT2D eigenvalue weighted by Gasteiger charge is 2.24. The van der Waals surface area contributed by atoms with Crippen LogP contribution in [0.5, 0.6) is 0 Å². The topological polar surface area (TPSA) is 47.1 Å². The highest BCUT2D eigenvalue weighted by molar-refractivity contribution is 5.80. The summed E-state index contributed by atoms with van der Waals surface area (Å²) in [6.45, 7) is 4.30. The van der Waals surface area contributed by atoms with E-state index in [2.05, 4.69) is 37.8 Å². The number of benzene rings is 2. The van der Waals surface area contributed by atoms with Crippen molar-refractivity contribution in [2.24, 2.45) is 0 Å². The van der Waals surface area contributed by atoms with E-state index in [1.165, 1.54) is 24.1 Å². The van der Waals surface area contributed by atoms with Crippen molar-refractivity contribution < 1.29 is 8.91 Å². The van der Waals surface area contributed by atoms with Crippen molar-refractivity contribution in [2.45, 2.75) is 38.1 Å². The molecule has 2 aromatic heterocycles. The van der Waals surface area contributed by atoms with Gasteiger partial charge in [-0.1, -0.05) is 17.3 Å². The zero-order valence-electron chi connectivity index (χ0n) is 16.4. The number of fused-ring (bicyclic) bond motifs is 2. The zero-order valence-corrected chi connectivity index (χ0v) is 16.4.